The summed E-state index contributed by atoms with van der Waals surface area (Å²) < 4.78 is 27.0. The maximum atomic E-state index is 13.6. The van der Waals surface area contributed by atoms with Gasteiger partial charge in [-0.3, -0.25) is 4.79 Å². The second-order valence-electron chi connectivity index (χ2n) is 3.75. The van der Waals surface area contributed by atoms with Crippen molar-refractivity contribution < 1.29 is 13.6 Å². The Balaban J connectivity index is 2.41. The molecular weight excluding hydrogens is 302 g/mol. The van der Waals surface area contributed by atoms with Gasteiger partial charge in [-0.25, -0.2) is 8.78 Å². The average molecular weight is 311 g/mol. The first kappa shape index (κ1) is 12.9. The Bertz CT molecular complexity index is 596. The van der Waals surface area contributed by atoms with Crippen LogP contribution in [-0.4, -0.2) is 5.78 Å². The molecular formula is C14H9BrF2O. The van der Waals surface area contributed by atoms with Crippen molar-refractivity contribution >= 4 is 21.7 Å². The number of benzene rings is 2. The molecule has 1 nitrogen and oxygen atoms in total. The van der Waals surface area contributed by atoms with Gasteiger partial charge in [0, 0.05) is 10.9 Å². The van der Waals surface area contributed by atoms with Crippen molar-refractivity contribution in [3.8, 4) is 0 Å². The van der Waals surface area contributed by atoms with Crippen LogP contribution in [-0.2, 0) is 5.33 Å². The molecule has 2 aromatic rings. The van der Waals surface area contributed by atoms with E-state index < -0.39 is 17.4 Å². The van der Waals surface area contributed by atoms with Crippen molar-refractivity contribution in [3.63, 3.8) is 0 Å². The molecule has 0 N–H and O–H groups in total. The monoisotopic (exact) mass is 310 g/mol. The van der Waals surface area contributed by atoms with E-state index in [1.54, 1.807) is 6.07 Å². The van der Waals surface area contributed by atoms with Crippen molar-refractivity contribution in [2.75, 3.05) is 0 Å². The molecule has 0 saturated heterocycles. The zero-order chi connectivity index (χ0) is 13.1. The lowest BCUT2D eigenvalue weighted by molar-refractivity contribution is 0.103. The molecule has 0 amide bonds. The number of hydrogen-bond acceptors (Lipinski definition) is 1. The topological polar surface area (TPSA) is 17.1 Å². The summed E-state index contributed by atoms with van der Waals surface area (Å²) in [4.78, 5) is 12.0. The van der Waals surface area contributed by atoms with Crippen LogP contribution in [0.2, 0.25) is 0 Å². The van der Waals surface area contributed by atoms with Crippen molar-refractivity contribution in [1.29, 1.82) is 0 Å². The van der Waals surface area contributed by atoms with E-state index in [0.717, 1.165) is 6.07 Å². The number of alkyl halides is 1. The van der Waals surface area contributed by atoms with Crippen LogP contribution in [0.5, 0.6) is 0 Å². The standard InChI is InChI=1S/C14H9BrF2O/c15-8-10-6-5-9(7-13(10)17)14(18)11-3-1-2-4-12(11)16/h1-7H,8H2. The Morgan fingerprint density at radius 3 is 2.39 bits per heavy atom. The number of carbonyl (C=O) groups excluding carboxylic acids is 1. The molecule has 0 unspecified atom stereocenters. The van der Waals surface area contributed by atoms with Crippen molar-refractivity contribution in [2.24, 2.45) is 0 Å². The fraction of sp³-hybridized carbons (Fsp3) is 0.0714. The summed E-state index contributed by atoms with van der Waals surface area (Å²) in [5.74, 6) is -1.60. The highest BCUT2D eigenvalue weighted by Crippen LogP contribution is 2.17. The zero-order valence-corrected chi connectivity index (χ0v) is 10.9. The molecule has 2 aromatic carbocycles. The predicted molar refractivity (Wildman–Crippen MR) is 68.9 cm³/mol. The maximum absolute atomic E-state index is 13.6. The minimum absolute atomic E-state index is 0.0523. The van der Waals surface area contributed by atoms with Gasteiger partial charge in [0.15, 0.2) is 5.78 Å². The van der Waals surface area contributed by atoms with Gasteiger partial charge in [0.25, 0.3) is 0 Å². The molecule has 18 heavy (non-hydrogen) atoms. The Labute approximate surface area is 112 Å². The van der Waals surface area contributed by atoms with Crippen LogP contribution in [0.15, 0.2) is 42.5 Å². The molecule has 0 aliphatic heterocycles. The molecule has 0 aliphatic rings. The van der Waals surface area contributed by atoms with Crippen molar-refractivity contribution in [3.05, 3.63) is 70.8 Å². The van der Waals surface area contributed by atoms with Crippen LogP contribution in [0, 0.1) is 11.6 Å². The number of ketones is 1. The SMILES string of the molecule is O=C(c1ccc(CBr)c(F)c1)c1ccccc1F. The molecule has 0 bridgehead atoms. The van der Waals surface area contributed by atoms with E-state index in [0.29, 0.717) is 10.9 Å². The summed E-state index contributed by atoms with van der Waals surface area (Å²) in [6.07, 6.45) is 0. The first-order valence-electron chi connectivity index (χ1n) is 5.27. The van der Waals surface area contributed by atoms with Gasteiger partial charge in [0.2, 0.25) is 0 Å². The second kappa shape index (κ2) is 5.40. The quantitative estimate of drug-likeness (QED) is 0.616. The third kappa shape index (κ3) is 2.48. The Morgan fingerprint density at radius 1 is 1.06 bits per heavy atom. The summed E-state index contributed by atoms with van der Waals surface area (Å²) >= 11 is 3.14. The number of hydrogen-bond donors (Lipinski definition) is 0. The van der Waals surface area contributed by atoms with Crippen LogP contribution in [0.1, 0.15) is 21.5 Å². The van der Waals surface area contributed by atoms with Crippen LogP contribution in [0.25, 0.3) is 0 Å². The first-order valence-corrected chi connectivity index (χ1v) is 6.39. The molecule has 2 rings (SSSR count). The van der Waals surface area contributed by atoms with Crippen LogP contribution in [0.3, 0.4) is 0 Å². The van der Waals surface area contributed by atoms with Crippen LogP contribution < -0.4 is 0 Å². The van der Waals surface area contributed by atoms with E-state index in [1.807, 2.05) is 0 Å². The highest BCUT2D eigenvalue weighted by molar-refractivity contribution is 9.08. The Morgan fingerprint density at radius 2 is 1.78 bits per heavy atom. The Hall–Kier alpha value is -1.55. The lowest BCUT2D eigenvalue weighted by Gasteiger charge is -2.04. The molecule has 0 radical (unpaired) electrons. The number of rotatable bonds is 3. The van der Waals surface area contributed by atoms with Crippen molar-refractivity contribution in [2.45, 2.75) is 5.33 Å². The maximum Gasteiger partial charge on any atom is 0.196 e. The molecule has 0 aromatic heterocycles. The van der Waals surface area contributed by atoms with Gasteiger partial charge in [0.05, 0.1) is 5.56 Å². The first-order chi connectivity index (χ1) is 8.63. The second-order valence-corrected chi connectivity index (χ2v) is 4.31. The number of halogens is 3. The van der Waals surface area contributed by atoms with Gasteiger partial charge in [0.1, 0.15) is 11.6 Å². The molecule has 0 fully saturated rings. The highest BCUT2D eigenvalue weighted by atomic mass is 79.9. The lowest BCUT2D eigenvalue weighted by atomic mass is 10.0. The summed E-state index contributed by atoms with van der Waals surface area (Å²) in [5.41, 5.74) is 0.547. The smallest absolute Gasteiger partial charge is 0.196 e. The molecule has 0 spiro atoms. The van der Waals surface area contributed by atoms with E-state index >= 15 is 0 Å². The van der Waals surface area contributed by atoms with E-state index in [-0.39, 0.29) is 11.1 Å². The third-order valence-corrected chi connectivity index (χ3v) is 3.18. The normalized spacial score (nSPS) is 10.4. The van der Waals surface area contributed by atoms with E-state index in [1.165, 1.54) is 30.3 Å². The predicted octanol–water partition coefficient (Wildman–Crippen LogP) is 4.09. The van der Waals surface area contributed by atoms with Gasteiger partial charge in [-0.15, -0.1) is 0 Å². The molecule has 0 heterocycles. The van der Waals surface area contributed by atoms with E-state index in [2.05, 4.69) is 15.9 Å². The van der Waals surface area contributed by atoms with Crippen molar-refractivity contribution in [1.82, 2.24) is 0 Å². The largest absolute Gasteiger partial charge is 0.288 e. The summed E-state index contributed by atoms with van der Waals surface area (Å²) in [6.45, 7) is 0. The highest BCUT2D eigenvalue weighted by Gasteiger charge is 2.14. The Kier molecular flexibility index (Phi) is 3.87. The van der Waals surface area contributed by atoms with Gasteiger partial charge < -0.3 is 0 Å². The molecule has 0 atom stereocenters. The average Bonchev–Trinajstić information content (AvgIpc) is 2.38. The minimum atomic E-state index is -0.604. The van der Waals surface area contributed by atoms with Gasteiger partial charge in [-0.05, 0) is 23.8 Å². The molecule has 92 valence electrons. The zero-order valence-electron chi connectivity index (χ0n) is 9.29. The summed E-state index contributed by atoms with van der Waals surface area (Å²) in [5, 5.41) is 0.368. The third-order valence-electron chi connectivity index (χ3n) is 2.58. The van der Waals surface area contributed by atoms with Gasteiger partial charge >= 0.3 is 0 Å². The molecule has 0 aliphatic carbocycles. The van der Waals surface area contributed by atoms with Crippen LogP contribution >= 0.6 is 15.9 Å². The minimum Gasteiger partial charge on any atom is -0.288 e. The fourth-order valence-corrected chi connectivity index (χ4v) is 2.05. The molecule has 0 saturated carbocycles. The summed E-state index contributed by atoms with van der Waals surface area (Å²) in [7, 11) is 0. The molecule has 4 heteroatoms. The summed E-state index contributed by atoms with van der Waals surface area (Å²) in [6, 6.07) is 9.79. The lowest BCUT2D eigenvalue weighted by Crippen LogP contribution is -2.05. The van der Waals surface area contributed by atoms with Gasteiger partial charge in [-0.1, -0.05) is 40.2 Å². The van der Waals surface area contributed by atoms with Gasteiger partial charge in [-0.2, -0.15) is 0 Å². The van der Waals surface area contributed by atoms with E-state index in [4.69, 9.17) is 0 Å². The van der Waals surface area contributed by atoms with E-state index in [9.17, 15) is 13.6 Å². The van der Waals surface area contributed by atoms with Crippen LogP contribution in [0.4, 0.5) is 8.78 Å². The fourth-order valence-electron chi connectivity index (χ4n) is 1.60. The number of carbonyl (C=O) groups is 1.